The van der Waals surface area contributed by atoms with Gasteiger partial charge in [-0.3, -0.25) is 13.9 Å². The van der Waals surface area contributed by atoms with Crippen LogP contribution < -0.4 is 20.1 Å². The number of azide groups is 1. The number of nitrogens with zero attached hydrogens (tertiary/aromatic N) is 7. The molecule has 1 unspecified atom stereocenters. The molecule has 0 amide bonds. The fraction of sp³-hybridized carbons (Fsp3) is 0.455. The Morgan fingerprint density at radius 2 is 2.10 bits per heavy atom. The standard InChI is InChI=1S/C22H28N9O8P/c1-12(19(33)36-4)28-40(34,39-13-8-6-5-7-9-13)37-10-14-16(32)22(2,29-30-24)20(38-14)31-11-25-15-17(31)26-21(23)27-18(15)35-3/h5-9,11-12,14,16,20,32H,10H2,1-4H3,(H,28,34)(H2,23,26,27)/t12-,14+,16+,20+,22+,40?/m0/s1. The first-order valence-electron chi connectivity index (χ1n) is 11.8. The Labute approximate surface area is 227 Å². The molecule has 3 heterocycles. The minimum atomic E-state index is -4.25. The van der Waals surface area contributed by atoms with Crippen molar-refractivity contribution in [2.45, 2.75) is 43.9 Å². The summed E-state index contributed by atoms with van der Waals surface area (Å²) < 4.78 is 42.3. The molecule has 1 saturated heterocycles. The molecular weight excluding hydrogens is 549 g/mol. The summed E-state index contributed by atoms with van der Waals surface area (Å²) in [4.78, 5) is 27.3. The number of hydrogen-bond donors (Lipinski definition) is 3. The molecule has 1 aromatic carbocycles. The summed E-state index contributed by atoms with van der Waals surface area (Å²) in [5.74, 6) is -0.525. The summed E-state index contributed by atoms with van der Waals surface area (Å²) in [6.45, 7) is 2.37. The van der Waals surface area contributed by atoms with Gasteiger partial charge in [0, 0.05) is 4.91 Å². The molecule has 17 nitrogen and oxygen atoms in total. The van der Waals surface area contributed by atoms with E-state index >= 15 is 0 Å². The molecule has 3 aromatic rings. The van der Waals surface area contributed by atoms with Crippen LogP contribution in [0.4, 0.5) is 5.95 Å². The van der Waals surface area contributed by atoms with Crippen LogP contribution in [0.2, 0.25) is 0 Å². The van der Waals surface area contributed by atoms with Crippen molar-refractivity contribution in [2.24, 2.45) is 5.11 Å². The second-order valence-electron chi connectivity index (χ2n) is 8.87. The van der Waals surface area contributed by atoms with Crippen LogP contribution in [0.15, 0.2) is 41.8 Å². The predicted octanol–water partition coefficient (Wildman–Crippen LogP) is 2.10. The number of nitrogens with two attached hydrogens (primary N) is 1. The number of esters is 1. The molecular formula is C22H28N9O8P. The van der Waals surface area contributed by atoms with Crippen LogP contribution in [0.5, 0.6) is 11.6 Å². The number of benzene rings is 1. The van der Waals surface area contributed by atoms with Crippen molar-refractivity contribution >= 4 is 30.8 Å². The van der Waals surface area contributed by atoms with Crippen LogP contribution >= 0.6 is 7.75 Å². The number of nitrogens with one attached hydrogen (secondary N) is 1. The van der Waals surface area contributed by atoms with Gasteiger partial charge in [-0.05, 0) is 31.5 Å². The maximum atomic E-state index is 13.7. The first kappa shape index (κ1) is 29.0. The van der Waals surface area contributed by atoms with Gasteiger partial charge in [-0.25, -0.2) is 9.55 Å². The van der Waals surface area contributed by atoms with Gasteiger partial charge < -0.3 is 29.6 Å². The normalized spacial score (nSPS) is 24.6. The van der Waals surface area contributed by atoms with Gasteiger partial charge in [0.15, 0.2) is 17.4 Å². The molecule has 6 atom stereocenters. The van der Waals surface area contributed by atoms with Gasteiger partial charge >= 0.3 is 13.7 Å². The summed E-state index contributed by atoms with van der Waals surface area (Å²) in [5, 5.41) is 17.5. The van der Waals surface area contributed by atoms with Crippen LogP contribution in [-0.4, -0.2) is 75.2 Å². The average molecular weight is 577 g/mol. The van der Waals surface area contributed by atoms with Gasteiger partial charge in [0.25, 0.3) is 0 Å². The highest BCUT2D eigenvalue weighted by Crippen LogP contribution is 2.48. The van der Waals surface area contributed by atoms with Gasteiger partial charge in [-0.2, -0.15) is 15.1 Å². The van der Waals surface area contributed by atoms with Gasteiger partial charge in [-0.15, -0.1) is 0 Å². The number of rotatable bonds is 11. The minimum absolute atomic E-state index is 0.106. The van der Waals surface area contributed by atoms with Gasteiger partial charge in [0.2, 0.25) is 11.8 Å². The van der Waals surface area contributed by atoms with Gasteiger partial charge in [-0.1, -0.05) is 23.3 Å². The third-order valence-electron chi connectivity index (χ3n) is 6.15. The van der Waals surface area contributed by atoms with Crippen molar-refractivity contribution in [3.63, 3.8) is 0 Å². The second kappa shape index (κ2) is 11.6. The molecule has 214 valence electrons. The Kier molecular flexibility index (Phi) is 8.44. The topological polar surface area (TPSA) is 231 Å². The van der Waals surface area contributed by atoms with E-state index in [-0.39, 0.29) is 28.7 Å². The van der Waals surface area contributed by atoms with Crippen LogP contribution in [0.25, 0.3) is 21.6 Å². The first-order chi connectivity index (χ1) is 19.0. The SMILES string of the molecule is COC(=O)[C@H](C)NP(=O)(OC[C@H]1O[C@@H](n2cnc3c(OC)nc(N)nc32)[C@](C)(N=[N+]=[N-])[C@@H]1O)Oc1ccccc1. The van der Waals surface area contributed by atoms with Crippen LogP contribution in [-0.2, 0) is 23.4 Å². The Balaban J connectivity index is 1.64. The van der Waals surface area contributed by atoms with E-state index in [9.17, 15) is 20.0 Å². The van der Waals surface area contributed by atoms with Crippen molar-refractivity contribution in [3.05, 3.63) is 47.1 Å². The molecule has 1 aliphatic rings. The fourth-order valence-electron chi connectivity index (χ4n) is 4.15. The fourth-order valence-corrected chi connectivity index (χ4v) is 5.65. The van der Waals surface area contributed by atoms with Crippen molar-refractivity contribution in [1.29, 1.82) is 0 Å². The van der Waals surface area contributed by atoms with E-state index in [0.717, 1.165) is 0 Å². The summed E-state index contributed by atoms with van der Waals surface area (Å²) in [6, 6.07) is 7.06. The van der Waals surface area contributed by atoms with E-state index in [2.05, 4.69) is 30.1 Å². The van der Waals surface area contributed by atoms with E-state index in [1.165, 1.54) is 39.0 Å². The number of carbonyl (C=O) groups is 1. The van der Waals surface area contributed by atoms with E-state index < -0.39 is 50.3 Å². The predicted molar refractivity (Wildman–Crippen MR) is 139 cm³/mol. The molecule has 1 fully saturated rings. The molecule has 0 radical (unpaired) electrons. The Morgan fingerprint density at radius 3 is 2.75 bits per heavy atom. The van der Waals surface area contributed by atoms with E-state index in [1.54, 1.807) is 30.3 Å². The molecule has 0 aliphatic carbocycles. The lowest BCUT2D eigenvalue weighted by Crippen LogP contribution is -2.43. The number of nitrogen functional groups attached to an aromatic ring is 1. The highest BCUT2D eigenvalue weighted by atomic mass is 31.2. The first-order valence-corrected chi connectivity index (χ1v) is 13.4. The number of aliphatic hydroxyl groups is 1. The smallest absolute Gasteiger partial charge is 0.459 e. The number of fused-ring (bicyclic) bond motifs is 1. The Morgan fingerprint density at radius 1 is 1.38 bits per heavy atom. The zero-order valence-electron chi connectivity index (χ0n) is 21.9. The number of ether oxygens (including phenoxy) is 3. The van der Waals surface area contributed by atoms with E-state index in [4.69, 9.17) is 29.0 Å². The molecule has 0 saturated carbocycles. The van der Waals surface area contributed by atoms with Gasteiger partial charge in [0.1, 0.15) is 23.4 Å². The lowest BCUT2D eigenvalue weighted by atomic mass is 9.93. The molecule has 4 rings (SSSR count). The molecule has 18 heteroatoms. The molecule has 0 bridgehead atoms. The van der Waals surface area contributed by atoms with Crippen LogP contribution in [0, 0.1) is 0 Å². The Hall–Kier alpha value is -3.98. The third-order valence-corrected chi connectivity index (χ3v) is 7.80. The van der Waals surface area contributed by atoms with Crippen molar-refractivity contribution in [3.8, 4) is 11.6 Å². The molecule has 2 aromatic heterocycles. The summed E-state index contributed by atoms with van der Waals surface area (Å²) in [6.07, 6.45) is -2.47. The largest absolute Gasteiger partial charge is 0.479 e. The number of anilines is 1. The average Bonchev–Trinajstić information content (AvgIpc) is 3.45. The van der Waals surface area contributed by atoms with Crippen molar-refractivity contribution < 1.29 is 37.7 Å². The minimum Gasteiger partial charge on any atom is -0.479 e. The van der Waals surface area contributed by atoms with Crippen LogP contribution in [0.1, 0.15) is 20.1 Å². The highest BCUT2D eigenvalue weighted by Gasteiger charge is 2.55. The van der Waals surface area contributed by atoms with Crippen molar-refractivity contribution in [2.75, 3.05) is 26.6 Å². The second-order valence-corrected chi connectivity index (χ2v) is 10.6. The summed E-state index contributed by atoms with van der Waals surface area (Å²) in [5.41, 5.74) is 13.9. The maximum Gasteiger partial charge on any atom is 0.459 e. The molecule has 1 aliphatic heterocycles. The van der Waals surface area contributed by atoms with Crippen molar-refractivity contribution in [1.82, 2.24) is 24.6 Å². The number of carbonyl (C=O) groups excluding carboxylic acids is 1. The highest BCUT2D eigenvalue weighted by molar-refractivity contribution is 7.52. The number of hydrogen-bond acceptors (Lipinski definition) is 13. The maximum absolute atomic E-state index is 13.7. The monoisotopic (exact) mass is 577 g/mol. The van der Waals surface area contributed by atoms with E-state index in [0.29, 0.717) is 0 Å². The zero-order chi connectivity index (χ0) is 29.1. The zero-order valence-corrected chi connectivity index (χ0v) is 22.8. The lowest BCUT2D eigenvalue weighted by Gasteiger charge is -2.28. The summed E-state index contributed by atoms with van der Waals surface area (Å²) in [7, 11) is -1.69. The third kappa shape index (κ3) is 5.65. The lowest BCUT2D eigenvalue weighted by molar-refractivity contribution is -0.142. The molecule has 0 spiro atoms. The van der Waals surface area contributed by atoms with Crippen LogP contribution in [0.3, 0.4) is 0 Å². The number of para-hydroxylation sites is 1. The molecule has 4 N–H and O–H groups in total. The summed E-state index contributed by atoms with van der Waals surface area (Å²) >= 11 is 0. The Bertz CT molecular complexity index is 1470. The molecule has 40 heavy (non-hydrogen) atoms. The number of aromatic nitrogens is 4. The quantitative estimate of drug-likeness (QED) is 0.0975. The van der Waals surface area contributed by atoms with E-state index in [1.807, 2.05) is 0 Å². The van der Waals surface area contributed by atoms with Gasteiger partial charge in [0.05, 0.1) is 33.3 Å². The number of methoxy groups -OCH3 is 2. The number of imidazole rings is 1. The number of aliphatic hydroxyl groups excluding tert-OH is 1.